The van der Waals surface area contributed by atoms with E-state index in [-0.39, 0.29) is 17.7 Å². The van der Waals surface area contributed by atoms with Gasteiger partial charge in [-0.3, -0.25) is 0 Å². The summed E-state index contributed by atoms with van der Waals surface area (Å²) >= 11 is 0. The summed E-state index contributed by atoms with van der Waals surface area (Å²) in [5.41, 5.74) is 0. The Balaban J connectivity index is 3.09. The second-order valence-corrected chi connectivity index (χ2v) is 4.24. The van der Waals surface area contributed by atoms with E-state index in [1.165, 1.54) is 0 Å². The van der Waals surface area contributed by atoms with Gasteiger partial charge in [0.05, 0.1) is 0 Å². The minimum absolute atomic E-state index is 0.0310. The molecule has 114 valence electrons. The second kappa shape index (κ2) is 4.71. The lowest BCUT2D eigenvalue weighted by molar-refractivity contribution is -0.419. The molecule has 0 atom stereocenters. The summed E-state index contributed by atoms with van der Waals surface area (Å²) in [7, 11) is 0. The number of piperidine rings is 1. The number of halogens is 9. The molecule has 1 heterocycles. The zero-order valence-corrected chi connectivity index (χ0v) is 9.38. The second-order valence-electron chi connectivity index (χ2n) is 4.24. The number of hydrogen-bond donors (Lipinski definition) is 0. The first-order chi connectivity index (χ1) is 8.36. The molecule has 1 aliphatic rings. The number of nitrogens with zero attached hydrogens (tertiary/aromatic N) is 1. The first kappa shape index (κ1) is 16.4. The van der Waals surface area contributed by atoms with Crippen molar-refractivity contribution in [3.63, 3.8) is 0 Å². The van der Waals surface area contributed by atoms with Crippen LogP contribution in [0.25, 0.3) is 0 Å². The Hall–Kier alpha value is -0.670. The van der Waals surface area contributed by atoms with Crippen LogP contribution in [-0.4, -0.2) is 42.1 Å². The van der Waals surface area contributed by atoms with Crippen LogP contribution in [0.15, 0.2) is 0 Å². The molecule has 0 aliphatic carbocycles. The number of rotatable bonds is 3. The molecule has 10 heteroatoms. The van der Waals surface area contributed by atoms with Crippen molar-refractivity contribution in [2.75, 3.05) is 13.1 Å². The number of alkyl halides is 9. The van der Waals surface area contributed by atoms with E-state index >= 15 is 0 Å². The Bertz CT molecular complexity index is 316. The molecular weight excluding hydrogens is 293 g/mol. The van der Waals surface area contributed by atoms with E-state index in [4.69, 9.17) is 0 Å². The van der Waals surface area contributed by atoms with Crippen molar-refractivity contribution < 1.29 is 39.5 Å². The van der Waals surface area contributed by atoms with Crippen LogP contribution in [0.4, 0.5) is 39.5 Å². The fraction of sp³-hybridized carbons (Fsp3) is 1.00. The summed E-state index contributed by atoms with van der Waals surface area (Å²) in [6, 6.07) is -5.56. The lowest BCUT2D eigenvalue weighted by Gasteiger charge is -2.40. The van der Waals surface area contributed by atoms with Gasteiger partial charge in [0.25, 0.3) is 0 Å². The van der Waals surface area contributed by atoms with Crippen LogP contribution < -0.4 is 0 Å². The molecule has 0 aromatic rings. The van der Waals surface area contributed by atoms with Crippen molar-refractivity contribution >= 4 is 0 Å². The minimum atomic E-state index is -6.80. The highest BCUT2D eigenvalue weighted by Crippen LogP contribution is 2.54. The maximum absolute atomic E-state index is 13.3. The van der Waals surface area contributed by atoms with Crippen LogP contribution in [-0.2, 0) is 0 Å². The van der Waals surface area contributed by atoms with Crippen molar-refractivity contribution in [1.29, 1.82) is 0 Å². The van der Waals surface area contributed by atoms with Gasteiger partial charge in [0.1, 0.15) is 0 Å². The van der Waals surface area contributed by atoms with Crippen LogP contribution >= 0.6 is 0 Å². The van der Waals surface area contributed by atoms with Crippen molar-refractivity contribution in [2.24, 2.45) is 0 Å². The van der Waals surface area contributed by atoms with Crippen LogP contribution in [0.2, 0.25) is 0 Å². The Morgan fingerprint density at radius 3 is 1.37 bits per heavy atom. The zero-order valence-electron chi connectivity index (χ0n) is 9.38. The van der Waals surface area contributed by atoms with E-state index < -0.39 is 37.2 Å². The van der Waals surface area contributed by atoms with Crippen LogP contribution in [0.5, 0.6) is 0 Å². The van der Waals surface area contributed by atoms with Crippen molar-refractivity contribution in [3.05, 3.63) is 0 Å². The molecule has 1 rings (SSSR count). The lowest BCUT2D eigenvalue weighted by atomic mass is 10.0. The van der Waals surface area contributed by atoms with E-state index in [9.17, 15) is 39.5 Å². The third-order valence-electron chi connectivity index (χ3n) is 2.88. The van der Waals surface area contributed by atoms with Gasteiger partial charge in [-0.25, -0.2) is 4.90 Å². The topological polar surface area (TPSA) is 3.24 Å². The Morgan fingerprint density at radius 1 is 0.579 bits per heavy atom. The molecule has 0 spiro atoms. The molecule has 1 nitrogen and oxygen atoms in total. The fourth-order valence-corrected chi connectivity index (χ4v) is 1.74. The van der Waals surface area contributed by atoms with E-state index in [1.807, 2.05) is 0 Å². The van der Waals surface area contributed by atoms with Crippen LogP contribution in [0, 0.1) is 0 Å². The van der Waals surface area contributed by atoms with Gasteiger partial charge in [-0.1, -0.05) is 6.42 Å². The summed E-state index contributed by atoms with van der Waals surface area (Å²) in [6.07, 6.45) is -6.27. The quantitative estimate of drug-likeness (QED) is 0.564. The Labute approximate surface area is 102 Å². The van der Waals surface area contributed by atoms with Crippen LogP contribution in [0.3, 0.4) is 0 Å². The minimum Gasteiger partial charge on any atom is -0.239 e. The molecule has 19 heavy (non-hydrogen) atoms. The predicted octanol–water partition coefficient (Wildman–Crippen LogP) is 3.90. The molecule has 1 aliphatic heterocycles. The standard InChI is InChI=1S/C9H10F9N/c10-6(11,8(14,15)16)7(12,13)9(17,18)19-4-2-1-3-5-19/h1-5H2. The zero-order chi connectivity index (χ0) is 15.1. The molecule has 1 saturated heterocycles. The highest BCUT2D eigenvalue weighted by molar-refractivity contribution is 5.00. The van der Waals surface area contributed by atoms with E-state index in [1.54, 1.807) is 0 Å². The normalized spacial score (nSPS) is 20.7. The Kier molecular flexibility index (Phi) is 4.06. The van der Waals surface area contributed by atoms with Crippen LogP contribution in [0.1, 0.15) is 19.3 Å². The largest absolute Gasteiger partial charge is 0.460 e. The third kappa shape index (κ3) is 2.50. The van der Waals surface area contributed by atoms with Crippen molar-refractivity contribution in [1.82, 2.24) is 4.90 Å². The molecule has 0 N–H and O–H groups in total. The SMILES string of the molecule is FC(F)(F)C(F)(F)C(F)(F)C(F)(F)N1CCCCC1. The molecule has 0 aromatic heterocycles. The van der Waals surface area contributed by atoms with Gasteiger partial charge in [-0.05, 0) is 12.8 Å². The smallest absolute Gasteiger partial charge is 0.239 e. The third-order valence-corrected chi connectivity index (χ3v) is 2.88. The van der Waals surface area contributed by atoms with Gasteiger partial charge in [-0.2, -0.15) is 39.5 Å². The summed E-state index contributed by atoms with van der Waals surface area (Å²) in [5.74, 6) is -13.3. The van der Waals surface area contributed by atoms with Gasteiger partial charge >= 0.3 is 24.1 Å². The maximum atomic E-state index is 13.3. The van der Waals surface area contributed by atoms with Gasteiger partial charge in [0.2, 0.25) is 0 Å². The van der Waals surface area contributed by atoms with Crippen molar-refractivity contribution in [2.45, 2.75) is 43.3 Å². The first-order valence-corrected chi connectivity index (χ1v) is 5.31. The van der Waals surface area contributed by atoms with E-state index in [0.29, 0.717) is 6.42 Å². The molecular formula is C9H10F9N. The van der Waals surface area contributed by atoms with Gasteiger partial charge < -0.3 is 0 Å². The summed E-state index contributed by atoms with van der Waals surface area (Å²) in [4.78, 5) is -0.323. The van der Waals surface area contributed by atoms with Gasteiger partial charge in [-0.15, -0.1) is 0 Å². The first-order valence-electron chi connectivity index (χ1n) is 5.31. The lowest BCUT2D eigenvalue weighted by Crippen LogP contribution is -2.66. The molecule has 0 saturated carbocycles. The van der Waals surface area contributed by atoms with E-state index in [2.05, 4.69) is 0 Å². The summed E-state index contributed by atoms with van der Waals surface area (Å²) < 4.78 is 113. The molecule has 1 fully saturated rings. The number of hydrogen-bond acceptors (Lipinski definition) is 1. The number of likely N-dealkylation sites (tertiary alicyclic amines) is 1. The fourth-order valence-electron chi connectivity index (χ4n) is 1.74. The molecule has 0 aromatic carbocycles. The molecule has 0 unspecified atom stereocenters. The summed E-state index contributed by atoms with van der Waals surface area (Å²) in [6.45, 7) is -1.31. The van der Waals surface area contributed by atoms with Crippen molar-refractivity contribution in [3.8, 4) is 0 Å². The predicted molar refractivity (Wildman–Crippen MR) is 46.3 cm³/mol. The van der Waals surface area contributed by atoms with E-state index in [0.717, 1.165) is 0 Å². The highest BCUT2D eigenvalue weighted by atomic mass is 19.4. The average molecular weight is 303 g/mol. The monoisotopic (exact) mass is 303 g/mol. The highest BCUT2D eigenvalue weighted by Gasteiger charge is 2.82. The van der Waals surface area contributed by atoms with Gasteiger partial charge in [0, 0.05) is 13.1 Å². The van der Waals surface area contributed by atoms with Gasteiger partial charge in [0.15, 0.2) is 0 Å². The molecule has 0 radical (unpaired) electrons. The molecule has 0 amide bonds. The maximum Gasteiger partial charge on any atom is 0.460 e. The summed E-state index contributed by atoms with van der Waals surface area (Å²) in [5, 5.41) is 0. The molecule has 0 bridgehead atoms. The average Bonchev–Trinajstić information content (AvgIpc) is 2.28. The Morgan fingerprint density at radius 2 is 1.00 bits per heavy atom.